The van der Waals surface area contributed by atoms with Gasteiger partial charge >= 0.3 is 0 Å². The maximum atomic E-state index is 6.22. The molecule has 146 valence electrons. The van der Waals surface area contributed by atoms with Gasteiger partial charge in [0.25, 0.3) is 0 Å². The van der Waals surface area contributed by atoms with E-state index >= 15 is 0 Å². The van der Waals surface area contributed by atoms with Gasteiger partial charge in [-0.3, -0.25) is 0 Å². The van der Waals surface area contributed by atoms with Gasteiger partial charge < -0.3 is 14.5 Å². The summed E-state index contributed by atoms with van der Waals surface area (Å²) < 4.78 is 6.16. The number of rotatable bonds is 1. The maximum absolute atomic E-state index is 6.22. The molecule has 2 heterocycles. The molecule has 1 saturated heterocycles. The summed E-state index contributed by atoms with van der Waals surface area (Å²) in [6, 6.07) is 21.6. The third-order valence-electron chi connectivity index (χ3n) is 5.27. The van der Waals surface area contributed by atoms with Crippen molar-refractivity contribution in [2.45, 2.75) is 0 Å². The van der Waals surface area contributed by atoms with Crippen LogP contribution in [-0.2, 0) is 0 Å². The molecule has 4 nitrogen and oxygen atoms in total. The molecular weight excluding hydrogens is 405 g/mol. The maximum Gasteiger partial charge on any atom is 0.153 e. The number of hydrogen-bond donors (Lipinski definition) is 0. The highest BCUT2D eigenvalue weighted by Crippen LogP contribution is 2.39. The fourth-order valence-corrected chi connectivity index (χ4v) is 4.06. The molecule has 3 aromatic carbocycles. The zero-order valence-electron chi connectivity index (χ0n) is 15.7. The standard InChI is InChI=1S/C23H19Cl2N3O/c24-16-5-8-18(9-6-16)27-11-13-28(14-12-27)23-19-3-1-2-4-21(19)29-22-10-7-17(25)15-20(22)26-23/h1-10,15H,11-14H2. The summed E-state index contributed by atoms with van der Waals surface area (Å²) in [6.45, 7) is 3.55. The first kappa shape index (κ1) is 18.3. The highest BCUT2D eigenvalue weighted by Gasteiger charge is 2.26. The number of nitrogens with zero attached hydrogens (tertiary/aromatic N) is 3. The normalized spacial score (nSPS) is 15.7. The molecular formula is C23H19Cl2N3O. The molecule has 0 N–H and O–H groups in total. The van der Waals surface area contributed by atoms with E-state index in [1.165, 1.54) is 5.69 Å². The second-order valence-corrected chi connectivity index (χ2v) is 7.97. The van der Waals surface area contributed by atoms with E-state index in [9.17, 15) is 0 Å². The van der Waals surface area contributed by atoms with Gasteiger partial charge in [0.1, 0.15) is 17.3 Å². The predicted octanol–water partition coefficient (Wildman–Crippen LogP) is 6.00. The fourth-order valence-electron chi connectivity index (χ4n) is 3.77. The number of amidine groups is 1. The Balaban J connectivity index is 1.46. The summed E-state index contributed by atoms with van der Waals surface area (Å²) in [7, 11) is 0. The summed E-state index contributed by atoms with van der Waals surface area (Å²) >= 11 is 12.2. The molecule has 0 aromatic heterocycles. The van der Waals surface area contributed by atoms with Gasteiger partial charge in [-0.05, 0) is 54.6 Å². The van der Waals surface area contributed by atoms with E-state index in [-0.39, 0.29) is 0 Å². The van der Waals surface area contributed by atoms with Crippen molar-refractivity contribution >= 4 is 40.4 Å². The molecule has 3 aromatic rings. The minimum absolute atomic E-state index is 0.647. The van der Waals surface area contributed by atoms with E-state index in [4.69, 9.17) is 32.9 Å². The van der Waals surface area contributed by atoms with Gasteiger partial charge in [0.2, 0.25) is 0 Å². The van der Waals surface area contributed by atoms with Crippen LogP contribution in [0.5, 0.6) is 11.5 Å². The lowest BCUT2D eigenvalue weighted by atomic mass is 10.1. The number of hydrogen-bond acceptors (Lipinski definition) is 4. The van der Waals surface area contributed by atoms with Crippen LogP contribution >= 0.6 is 23.2 Å². The average Bonchev–Trinajstić information content (AvgIpc) is 2.91. The van der Waals surface area contributed by atoms with Crippen LogP contribution in [0.2, 0.25) is 10.0 Å². The van der Waals surface area contributed by atoms with Crippen LogP contribution in [0.15, 0.2) is 71.7 Å². The average molecular weight is 424 g/mol. The summed E-state index contributed by atoms with van der Waals surface area (Å²) in [5.41, 5.74) is 2.95. The number of aliphatic imine (C=N–C) groups is 1. The van der Waals surface area contributed by atoms with E-state index in [1.807, 2.05) is 48.5 Å². The molecule has 5 rings (SSSR count). The minimum atomic E-state index is 0.647. The highest BCUT2D eigenvalue weighted by atomic mass is 35.5. The Bertz CT molecular complexity index is 1070. The minimum Gasteiger partial charge on any atom is -0.454 e. The summed E-state index contributed by atoms with van der Waals surface area (Å²) in [5, 5.41) is 1.41. The SMILES string of the molecule is Clc1ccc(N2CCN(C3=Nc4cc(Cl)ccc4Oc4ccccc43)CC2)cc1. The molecule has 0 spiro atoms. The highest BCUT2D eigenvalue weighted by molar-refractivity contribution is 6.31. The smallest absolute Gasteiger partial charge is 0.153 e. The lowest BCUT2D eigenvalue weighted by molar-refractivity contribution is 0.386. The Kier molecular flexibility index (Phi) is 4.82. The van der Waals surface area contributed by atoms with Crippen molar-refractivity contribution in [3.05, 3.63) is 82.3 Å². The van der Waals surface area contributed by atoms with Crippen LogP contribution < -0.4 is 9.64 Å². The predicted molar refractivity (Wildman–Crippen MR) is 119 cm³/mol. The number of para-hydroxylation sites is 1. The second-order valence-electron chi connectivity index (χ2n) is 7.10. The lowest BCUT2D eigenvalue weighted by Gasteiger charge is -2.37. The van der Waals surface area contributed by atoms with Crippen LogP contribution in [0.25, 0.3) is 0 Å². The van der Waals surface area contributed by atoms with E-state index in [0.717, 1.165) is 59.8 Å². The van der Waals surface area contributed by atoms with Crippen molar-refractivity contribution in [1.29, 1.82) is 0 Å². The Morgan fingerprint density at radius 2 is 1.41 bits per heavy atom. The molecule has 0 bridgehead atoms. The second kappa shape index (κ2) is 7.62. The van der Waals surface area contributed by atoms with Crippen LogP contribution in [0, 0.1) is 0 Å². The van der Waals surface area contributed by atoms with Gasteiger partial charge in [-0.1, -0.05) is 35.3 Å². The van der Waals surface area contributed by atoms with Gasteiger partial charge in [0.15, 0.2) is 5.75 Å². The van der Waals surface area contributed by atoms with E-state index in [2.05, 4.69) is 28.0 Å². The molecule has 6 heteroatoms. The van der Waals surface area contributed by atoms with Crippen molar-refractivity contribution < 1.29 is 4.74 Å². The largest absolute Gasteiger partial charge is 0.454 e. The quantitative estimate of drug-likeness (QED) is 0.480. The lowest BCUT2D eigenvalue weighted by Crippen LogP contribution is -2.49. The molecule has 0 unspecified atom stereocenters. The molecule has 0 amide bonds. The molecule has 29 heavy (non-hydrogen) atoms. The van der Waals surface area contributed by atoms with Gasteiger partial charge in [-0.2, -0.15) is 0 Å². The summed E-state index contributed by atoms with van der Waals surface area (Å²) in [6.07, 6.45) is 0. The first-order valence-electron chi connectivity index (χ1n) is 9.58. The first-order valence-corrected chi connectivity index (χ1v) is 10.3. The molecule has 2 aliphatic heterocycles. The van der Waals surface area contributed by atoms with Crippen LogP contribution in [0.4, 0.5) is 11.4 Å². The summed E-state index contributed by atoms with van der Waals surface area (Å²) in [4.78, 5) is 9.67. The van der Waals surface area contributed by atoms with Crippen molar-refractivity contribution in [3.63, 3.8) is 0 Å². The van der Waals surface area contributed by atoms with Gasteiger partial charge in [0, 0.05) is 41.9 Å². The van der Waals surface area contributed by atoms with Gasteiger partial charge in [-0.15, -0.1) is 0 Å². The van der Waals surface area contributed by atoms with Crippen molar-refractivity contribution in [2.24, 2.45) is 4.99 Å². The van der Waals surface area contributed by atoms with Crippen LogP contribution in [0.1, 0.15) is 5.56 Å². The molecule has 1 fully saturated rings. The van der Waals surface area contributed by atoms with Gasteiger partial charge in [0.05, 0.1) is 5.56 Å². The number of halogens is 2. The molecule has 0 radical (unpaired) electrons. The van der Waals surface area contributed by atoms with Crippen molar-refractivity contribution in [3.8, 4) is 11.5 Å². The molecule has 2 aliphatic rings. The van der Waals surface area contributed by atoms with E-state index < -0.39 is 0 Å². The van der Waals surface area contributed by atoms with E-state index in [0.29, 0.717) is 5.02 Å². The number of anilines is 1. The topological polar surface area (TPSA) is 28.1 Å². The Labute approximate surface area is 179 Å². The van der Waals surface area contributed by atoms with Crippen molar-refractivity contribution in [2.75, 3.05) is 31.1 Å². The fraction of sp³-hybridized carbons (Fsp3) is 0.174. The summed E-state index contributed by atoms with van der Waals surface area (Å²) in [5.74, 6) is 2.46. The van der Waals surface area contributed by atoms with Crippen molar-refractivity contribution in [1.82, 2.24) is 4.90 Å². The number of piperazine rings is 1. The number of fused-ring (bicyclic) bond motifs is 2. The molecule has 0 aliphatic carbocycles. The monoisotopic (exact) mass is 423 g/mol. The Hall–Kier alpha value is -2.69. The van der Waals surface area contributed by atoms with Crippen LogP contribution in [-0.4, -0.2) is 36.9 Å². The Morgan fingerprint density at radius 1 is 0.724 bits per heavy atom. The zero-order valence-corrected chi connectivity index (χ0v) is 17.2. The van der Waals surface area contributed by atoms with Crippen LogP contribution in [0.3, 0.4) is 0 Å². The first-order chi connectivity index (χ1) is 14.2. The zero-order chi connectivity index (χ0) is 19.8. The Morgan fingerprint density at radius 3 is 2.21 bits per heavy atom. The molecule has 0 saturated carbocycles. The number of benzene rings is 3. The molecule has 0 atom stereocenters. The van der Waals surface area contributed by atoms with E-state index in [1.54, 1.807) is 0 Å². The third-order valence-corrected chi connectivity index (χ3v) is 5.75. The van der Waals surface area contributed by atoms with Gasteiger partial charge in [-0.25, -0.2) is 4.99 Å². The number of ether oxygens (including phenoxy) is 1. The third kappa shape index (κ3) is 3.66.